The van der Waals surface area contributed by atoms with Gasteiger partial charge in [-0.1, -0.05) is 71.8 Å². The molecule has 4 aromatic rings. The Morgan fingerprint density at radius 1 is 0.829 bits per heavy atom. The molecule has 178 valence electrons. The maximum atomic E-state index is 12.5. The van der Waals surface area contributed by atoms with E-state index in [-0.39, 0.29) is 0 Å². The van der Waals surface area contributed by atoms with Gasteiger partial charge in [0.05, 0.1) is 5.69 Å². The summed E-state index contributed by atoms with van der Waals surface area (Å²) in [6.45, 7) is 3.34. The van der Waals surface area contributed by atoms with Gasteiger partial charge in [0.15, 0.2) is 0 Å². The van der Waals surface area contributed by atoms with Crippen molar-refractivity contribution in [2.45, 2.75) is 37.7 Å². The second-order valence-corrected chi connectivity index (χ2v) is 10.1. The first kappa shape index (κ1) is 22.5. The van der Waals surface area contributed by atoms with Crippen LogP contribution in [0.5, 0.6) is 0 Å². The molecule has 1 unspecified atom stereocenters. The molecule has 0 spiro atoms. The van der Waals surface area contributed by atoms with Crippen LogP contribution in [0.4, 0.5) is 0 Å². The summed E-state index contributed by atoms with van der Waals surface area (Å²) in [6, 6.07) is 23.9. The number of aromatic nitrogens is 3. The van der Waals surface area contributed by atoms with Crippen molar-refractivity contribution in [3.05, 3.63) is 88.9 Å². The Labute approximate surface area is 211 Å². The third kappa shape index (κ3) is 3.98. The van der Waals surface area contributed by atoms with Gasteiger partial charge in [0.1, 0.15) is 17.0 Å². The van der Waals surface area contributed by atoms with Crippen molar-refractivity contribution < 1.29 is 5.11 Å². The molecule has 1 N–H and O–H groups in total. The highest BCUT2D eigenvalue weighted by atomic mass is 35.5. The van der Waals surface area contributed by atoms with Gasteiger partial charge in [-0.3, -0.25) is 0 Å². The van der Waals surface area contributed by atoms with E-state index >= 15 is 0 Å². The van der Waals surface area contributed by atoms with Gasteiger partial charge in [-0.15, -0.1) is 5.10 Å². The van der Waals surface area contributed by atoms with E-state index in [1.165, 1.54) is 19.3 Å². The van der Waals surface area contributed by atoms with E-state index in [0.29, 0.717) is 11.4 Å². The predicted molar refractivity (Wildman–Crippen MR) is 140 cm³/mol. The maximum Gasteiger partial charge on any atom is 0.121 e. The van der Waals surface area contributed by atoms with Crippen LogP contribution in [0.2, 0.25) is 5.02 Å². The molecule has 35 heavy (non-hydrogen) atoms. The number of halogens is 1. The van der Waals surface area contributed by atoms with E-state index in [9.17, 15) is 5.11 Å². The third-order valence-electron chi connectivity index (χ3n) is 7.46. The summed E-state index contributed by atoms with van der Waals surface area (Å²) in [5.41, 5.74) is 5.13. The molecular weight excluding hydrogens is 456 g/mol. The topological polar surface area (TPSA) is 54.2 Å². The van der Waals surface area contributed by atoms with Gasteiger partial charge in [0.25, 0.3) is 0 Å². The van der Waals surface area contributed by atoms with Gasteiger partial charge in [0, 0.05) is 16.1 Å². The molecule has 5 nitrogen and oxygen atoms in total. The molecule has 2 aliphatic rings. The van der Waals surface area contributed by atoms with E-state index in [1.807, 2.05) is 59.3 Å². The number of piperidine rings is 1. The molecule has 0 saturated carbocycles. The second-order valence-electron chi connectivity index (χ2n) is 9.63. The van der Waals surface area contributed by atoms with Crippen LogP contribution in [-0.4, -0.2) is 44.6 Å². The molecule has 6 heteroatoms. The van der Waals surface area contributed by atoms with Crippen LogP contribution in [0.3, 0.4) is 0 Å². The number of aliphatic hydroxyl groups is 1. The van der Waals surface area contributed by atoms with Crippen LogP contribution in [0.25, 0.3) is 28.2 Å². The first-order valence-corrected chi connectivity index (χ1v) is 12.9. The zero-order valence-corrected chi connectivity index (χ0v) is 20.5. The minimum atomic E-state index is -1.12. The molecule has 1 fully saturated rings. The largest absolute Gasteiger partial charge is 0.380 e. The van der Waals surface area contributed by atoms with Crippen LogP contribution in [0.15, 0.2) is 72.8 Å². The number of benzene rings is 3. The second kappa shape index (κ2) is 9.23. The molecule has 2 heterocycles. The van der Waals surface area contributed by atoms with Crippen LogP contribution in [-0.2, 0) is 5.60 Å². The van der Waals surface area contributed by atoms with Crippen LogP contribution in [0, 0.1) is 0 Å². The Kier molecular flexibility index (Phi) is 5.93. The Hall–Kier alpha value is -2.99. The van der Waals surface area contributed by atoms with Crippen molar-refractivity contribution in [1.82, 2.24) is 19.9 Å². The average Bonchev–Trinajstić information content (AvgIpc) is 3.31. The minimum absolute atomic E-state index is 0.649. The van der Waals surface area contributed by atoms with E-state index in [2.05, 4.69) is 33.4 Å². The van der Waals surface area contributed by atoms with Gasteiger partial charge < -0.3 is 10.0 Å². The molecule has 1 saturated heterocycles. The highest BCUT2D eigenvalue weighted by Gasteiger charge is 2.40. The fourth-order valence-corrected chi connectivity index (χ4v) is 5.85. The highest BCUT2D eigenvalue weighted by molar-refractivity contribution is 6.30. The Bertz CT molecular complexity index is 1340. The lowest BCUT2D eigenvalue weighted by Gasteiger charge is -2.33. The summed E-state index contributed by atoms with van der Waals surface area (Å²) in [7, 11) is 0. The molecule has 1 atom stereocenters. The zero-order valence-electron chi connectivity index (χ0n) is 19.7. The van der Waals surface area contributed by atoms with Crippen molar-refractivity contribution in [3.8, 4) is 28.2 Å². The van der Waals surface area contributed by atoms with Crippen LogP contribution in [0.1, 0.15) is 43.2 Å². The summed E-state index contributed by atoms with van der Waals surface area (Å²) in [6.07, 6.45) is 5.45. The summed E-state index contributed by atoms with van der Waals surface area (Å²) in [5, 5.41) is 22.3. The number of rotatable bonds is 5. The molecule has 1 aliphatic carbocycles. The summed E-state index contributed by atoms with van der Waals surface area (Å²) >= 11 is 6.15. The number of hydrogen-bond acceptors (Lipinski definition) is 4. The Morgan fingerprint density at radius 3 is 2.23 bits per heavy atom. The van der Waals surface area contributed by atoms with Gasteiger partial charge in [-0.25, -0.2) is 4.68 Å². The Morgan fingerprint density at radius 2 is 1.49 bits per heavy atom. The van der Waals surface area contributed by atoms with Crippen molar-refractivity contribution in [1.29, 1.82) is 0 Å². The molecule has 1 aromatic heterocycles. The zero-order chi connectivity index (χ0) is 23.8. The molecule has 6 rings (SSSR count). The lowest BCUT2D eigenvalue weighted by atomic mass is 9.80. The molecule has 3 aromatic carbocycles. The summed E-state index contributed by atoms with van der Waals surface area (Å²) in [5.74, 6) is 0. The van der Waals surface area contributed by atoms with Crippen molar-refractivity contribution in [3.63, 3.8) is 0 Å². The smallest absolute Gasteiger partial charge is 0.121 e. The first-order valence-electron chi connectivity index (χ1n) is 12.5. The fraction of sp³-hybridized carbons (Fsp3) is 0.310. The first-order chi connectivity index (χ1) is 17.1. The van der Waals surface area contributed by atoms with E-state index < -0.39 is 5.60 Å². The number of likely N-dealkylation sites (tertiary alicyclic amines) is 1. The molecule has 0 bridgehead atoms. The van der Waals surface area contributed by atoms with Gasteiger partial charge in [-0.05, 0) is 80.7 Å². The number of fused-ring (bicyclic) bond motifs is 5. The fourth-order valence-electron chi connectivity index (χ4n) is 5.72. The SMILES string of the molecule is OC1(CCCN2CCCCC2)c2ccccc2-c2nnn(-c3ccc(Cl)cc3)c2-c2ccccc21. The van der Waals surface area contributed by atoms with Crippen molar-refractivity contribution in [2.24, 2.45) is 0 Å². The average molecular weight is 485 g/mol. The predicted octanol–water partition coefficient (Wildman–Crippen LogP) is 6.07. The van der Waals surface area contributed by atoms with Crippen molar-refractivity contribution >= 4 is 11.6 Å². The van der Waals surface area contributed by atoms with Gasteiger partial charge >= 0.3 is 0 Å². The lowest BCUT2D eigenvalue weighted by molar-refractivity contribution is 0.0651. The molecule has 0 radical (unpaired) electrons. The molecular formula is C29H29ClN4O. The molecule has 0 amide bonds. The maximum absolute atomic E-state index is 12.5. The standard InChI is InChI=1S/C29H29ClN4O/c30-21-13-15-22(16-14-21)34-28-24-10-3-5-12-26(24)29(35,17-8-20-33-18-6-1-7-19-33)25-11-4-2-9-23(25)27(28)31-32-34/h2-5,9-16,35H,1,6-8,17-20H2. The van der Waals surface area contributed by atoms with E-state index in [0.717, 1.165) is 65.4 Å². The van der Waals surface area contributed by atoms with Gasteiger partial charge in [-0.2, -0.15) is 0 Å². The minimum Gasteiger partial charge on any atom is -0.380 e. The number of hydrogen-bond donors (Lipinski definition) is 1. The van der Waals surface area contributed by atoms with Crippen LogP contribution < -0.4 is 0 Å². The number of nitrogens with zero attached hydrogens (tertiary/aromatic N) is 4. The van der Waals surface area contributed by atoms with E-state index in [4.69, 9.17) is 11.6 Å². The van der Waals surface area contributed by atoms with E-state index in [1.54, 1.807) is 0 Å². The molecule has 1 aliphatic heterocycles. The Balaban J connectivity index is 1.48. The highest BCUT2D eigenvalue weighted by Crippen LogP contribution is 2.49. The third-order valence-corrected chi connectivity index (χ3v) is 7.71. The lowest BCUT2D eigenvalue weighted by Crippen LogP contribution is -2.33. The summed E-state index contributed by atoms with van der Waals surface area (Å²) in [4.78, 5) is 2.54. The summed E-state index contributed by atoms with van der Waals surface area (Å²) < 4.78 is 1.86. The monoisotopic (exact) mass is 484 g/mol. The van der Waals surface area contributed by atoms with Crippen molar-refractivity contribution in [2.75, 3.05) is 19.6 Å². The van der Waals surface area contributed by atoms with Crippen LogP contribution >= 0.6 is 11.6 Å². The van der Waals surface area contributed by atoms with Gasteiger partial charge in [0.2, 0.25) is 0 Å². The quantitative estimate of drug-likeness (QED) is 0.373. The normalized spacial score (nSPS) is 19.5.